The van der Waals surface area contributed by atoms with Crippen LogP contribution in [0.2, 0.25) is 15.5 Å². The first-order chi connectivity index (χ1) is 18.9. The number of aromatic nitrogens is 2. The molecule has 0 radical (unpaired) electrons. The summed E-state index contributed by atoms with van der Waals surface area (Å²) in [4.78, 5) is 4.83. The zero-order valence-electron chi connectivity index (χ0n) is 19.4. The van der Waals surface area contributed by atoms with E-state index in [0.29, 0.717) is 6.07 Å². The number of hydrogen-bond donors (Lipinski definition) is 5. The SMILES string of the molecule is O=S(=O)(O)c1cc(Nc2nc(Cl)nc(Cl)c2Cl)c2c(O)c(N=Nc3ccccc3S(=O)(=O)O)c(S(=O)(=O)O)cc2c1. The molecule has 0 saturated heterocycles. The first-order valence-electron chi connectivity index (χ1n) is 10.3. The van der Waals surface area contributed by atoms with Gasteiger partial charge in [-0.2, -0.15) is 30.2 Å². The predicted molar refractivity (Wildman–Crippen MR) is 146 cm³/mol. The Labute approximate surface area is 245 Å². The maximum Gasteiger partial charge on any atom is 0.296 e. The van der Waals surface area contributed by atoms with Crippen molar-refractivity contribution in [2.75, 3.05) is 5.32 Å². The van der Waals surface area contributed by atoms with Crippen LogP contribution in [-0.2, 0) is 30.4 Å². The average molecular weight is 685 g/mol. The molecule has 15 nitrogen and oxygen atoms in total. The summed E-state index contributed by atoms with van der Waals surface area (Å²) in [6.07, 6.45) is 0. The number of fused-ring (bicyclic) bond motifs is 1. The summed E-state index contributed by atoms with van der Waals surface area (Å²) < 4.78 is 101. The molecule has 1 aromatic heterocycles. The Bertz CT molecular complexity index is 2110. The highest BCUT2D eigenvalue weighted by molar-refractivity contribution is 7.86. The number of rotatable bonds is 7. The highest BCUT2D eigenvalue weighted by atomic mass is 35.5. The molecule has 1 heterocycles. The fraction of sp³-hybridized carbons (Fsp3) is 0. The van der Waals surface area contributed by atoms with Gasteiger partial charge in [-0.05, 0) is 47.3 Å². The third-order valence-corrected chi connectivity index (χ3v) is 8.63. The third-order valence-electron chi connectivity index (χ3n) is 5.14. The topological polar surface area (TPSA) is 246 Å². The fourth-order valence-corrected chi connectivity index (χ4v) is 5.80. The van der Waals surface area contributed by atoms with Crippen LogP contribution in [0.4, 0.5) is 22.9 Å². The van der Waals surface area contributed by atoms with Crippen molar-refractivity contribution in [1.82, 2.24) is 9.97 Å². The Balaban J connectivity index is 2.08. The number of anilines is 2. The van der Waals surface area contributed by atoms with Crippen molar-refractivity contribution in [3.8, 4) is 5.75 Å². The average Bonchev–Trinajstić information content (AvgIpc) is 2.84. The van der Waals surface area contributed by atoms with Crippen LogP contribution in [0.5, 0.6) is 5.75 Å². The zero-order chi connectivity index (χ0) is 30.5. The first-order valence-corrected chi connectivity index (χ1v) is 15.8. The minimum Gasteiger partial charge on any atom is -0.505 e. The molecule has 0 unspecified atom stereocenters. The molecule has 0 fully saturated rings. The summed E-state index contributed by atoms with van der Waals surface area (Å²) in [5.74, 6) is -1.34. The molecular formula is C20H12Cl3N5O10S3. The molecule has 0 atom stereocenters. The molecule has 0 saturated carbocycles. The van der Waals surface area contributed by atoms with Crippen molar-refractivity contribution >= 4 is 98.8 Å². The van der Waals surface area contributed by atoms with E-state index in [9.17, 15) is 44.0 Å². The number of phenolic OH excluding ortho intramolecular Hbond substituents is 1. The molecule has 41 heavy (non-hydrogen) atoms. The molecule has 0 aliphatic carbocycles. The van der Waals surface area contributed by atoms with Crippen LogP contribution in [0.1, 0.15) is 0 Å². The molecular weight excluding hydrogens is 673 g/mol. The first kappa shape index (κ1) is 30.8. The van der Waals surface area contributed by atoms with E-state index in [-0.39, 0.29) is 32.5 Å². The predicted octanol–water partition coefficient (Wildman–Crippen LogP) is 5.19. The highest BCUT2D eigenvalue weighted by Crippen LogP contribution is 2.46. The van der Waals surface area contributed by atoms with Gasteiger partial charge in [-0.3, -0.25) is 13.7 Å². The van der Waals surface area contributed by atoms with Crippen LogP contribution in [0.15, 0.2) is 67.4 Å². The van der Waals surface area contributed by atoms with Crippen LogP contribution >= 0.6 is 34.8 Å². The van der Waals surface area contributed by atoms with Gasteiger partial charge in [0.1, 0.15) is 26.2 Å². The maximum absolute atomic E-state index is 12.2. The van der Waals surface area contributed by atoms with E-state index in [2.05, 4.69) is 25.5 Å². The largest absolute Gasteiger partial charge is 0.505 e. The number of phenols is 1. The van der Waals surface area contributed by atoms with Crippen molar-refractivity contribution in [3.05, 3.63) is 57.9 Å². The summed E-state index contributed by atoms with van der Waals surface area (Å²) in [7, 11) is -15.0. The van der Waals surface area contributed by atoms with Gasteiger partial charge in [0.25, 0.3) is 30.4 Å². The summed E-state index contributed by atoms with van der Waals surface area (Å²) in [5, 5.41) is 19.1. The third kappa shape index (κ3) is 6.50. The van der Waals surface area contributed by atoms with Gasteiger partial charge in [-0.1, -0.05) is 35.3 Å². The van der Waals surface area contributed by atoms with Crippen molar-refractivity contribution in [2.24, 2.45) is 10.2 Å². The lowest BCUT2D eigenvalue weighted by atomic mass is 10.1. The Kier molecular flexibility index (Phi) is 8.17. The molecule has 4 rings (SSSR count). The van der Waals surface area contributed by atoms with Crippen molar-refractivity contribution in [1.29, 1.82) is 0 Å². The van der Waals surface area contributed by atoms with E-state index in [1.165, 1.54) is 12.1 Å². The Hall–Kier alpha value is -3.20. The minimum atomic E-state index is -5.22. The van der Waals surface area contributed by atoms with Crippen LogP contribution in [-0.4, -0.2) is 54.0 Å². The van der Waals surface area contributed by atoms with E-state index in [4.69, 9.17) is 34.8 Å². The van der Waals surface area contributed by atoms with E-state index in [0.717, 1.165) is 24.3 Å². The Morgan fingerprint density at radius 3 is 2.02 bits per heavy atom. The number of aromatic hydroxyl groups is 1. The molecule has 4 aromatic rings. The number of halogens is 3. The Morgan fingerprint density at radius 2 is 1.41 bits per heavy atom. The van der Waals surface area contributed by atoms with Gasteiger partial charge in [-0.25, -0.2) is 4.98 Å². The molecule has 5 N–H and O–H groups in total. The molecule has 0 aliphatic heterocycles. The second kappa shape index (κ2) is 10.9. The van der Waals surface area contributed by atoms with Crippen LogP contribution in [0.25, 0.3) is 10.8 Å². The number of azo groups is 1. The van der Waals surface area contributed by atoms with Gasteiger partial charge < -0.3 is 10.4 Å². The lowest BCUT2D eigenvalue weighted by molar-refractivity contribution is 0.472. The van der Waals surface area contributed by atoms with Gasteiger partial charge in [0.15, 0.2) is 16.7 Å². The van der Waals surface area contributed by atoms with E-state index in [1.807, 2.05) is 0 Å². The van der Waals surface area contributed by atoms with Gasteiger partial charge in [0.2, 0.25) is 5.28 Å². The van der Waals surface area contributed by atoms with Gasteiger partial charge >= 0.3 is 0 Å². The number of hydrogen-bond acceptors (Lipinski definition) is 12. The second-order valence-corrected chi connectivity index (χ2v) is 13.1. The van der Waals surface area contributed by atoms with Crippen LogP contribution < -0.4 is 5.32 Å². The molecule has 0 aliphatic rings. The van der Waals surface area contributed by atoms with E-state index in [1.54, 1.807) is 0 Å². The zero-order valence-corrected chi connectivity index (χ0v) is 24.1. The van der Waals surface area contributed by atoms with Crippen molar-refractivity contribution in [2.45, 2.75) is 14.7 Å². The fourth-order valence-electron chi connectivity index (χ4n) is 3.47. The summed E-state index contributed by atoms with van der Waals surface area (Å²) in [5.41, 5.74) is -1.79. The standard InChI is InChI=1S/C20H12Cl3N5O10S3/c21-15-18(22)25-20(23)26-19(15)24-11-7-9(39(30,31)32)5-8-6-13(41(36,37)38)16(17(29)14(8)11)28-27-10-3-1-2-4-12(10)40(33,34)35/h1-7,29H,(H,24,25,26)(H,30,31,32)(H,33,34,35)(H,36,37,38). The van der Waals surface area contributed by atoms with Gasteiger partial charge in [0.05, 0.1) is 10.6 Å². The summed E-state index contributed by atoms with van der Waals surface area (Å²) in [6.45, 7) is 0. The molecule has 21 heteroatoms. The number of benzene rings is 3. The molecule has 3 aromatic carbocycles. The molecule has 0 spiro atoms. The summed E-state index contributed by atoms with van der Waals surface area (Å²) in [6, 6.07) is 6.88. The lowest BCUT2D eigenvalue weighted by Gasteiger charge is -2.16. The Morgan fingerprint density at radius 1 is 0.780 bits per heavy atom. The van der Waals surface area contributed by atoms with Crippen LogP contribution in [0.3, 0.4) is 0 Å². The quantitative estimate of drug-likeness (QED) is 0.0728. The van der Waals surface area contributed by atoms with E-state index >= 15 is 0 Å². The normalized spacial score (nSPS) is 12.7. The lowest BCUT2D eigenvalue weighted by Crippen LogP contribution is -2.04. The second-order valence-electron chi connectivity index (χ2n) is 7.80. The van der Waals surface area contributed by atoms with E-state index < -0.39 is 67.4 Å². The molecule has 0 bridgehead atoms. The summed E-state index contributed by atoms with van der Waals surface area (Å²) >= 11 is 17.8. The van der Waals surface area contributed by atoms with Crippen LogP contribution in [0, 0.1) is 0 Å². The highest BCUT2D eigenvalue weighted by Gasteiger charge is 2.26. The number of nitrogens with zero attached hydrogens (tertiary/aromatic N) is 4. The number of nitrogens with one attached hydrogen (secondary N) is 1. The monoisotopic (exact) mass is 683 g/mol. The minimum absolute atomic E-state index is 0.308. The van der Waals surface area contributed by atoms with Gasteiger partial charge in [-0.15, -0.1) is 10.2 Å². The van der Waals surface area contributed by atoms with Gasteiger partial charge in [0, 0.05) is 5.39 Å². The maximum atomic E-state index is 12.2. The van der Waals surface area contributed by atoms with Crippen molar-refractivity contribution in [3.63, 3.8) is 0 Å². The smallest absolute Gasteiger partial charge is 0.296 e. The van der Waals surface area contributed by atoms with Crippen molar-refractivity contribution < 1.29 is 44.0 Å². The molecule has 0 amide bonds. The molecule has 216 valence electrons.